The normalized spacial score (nSPS) is 23.0. The van der Waals surface area contributed by atoms with Crippen LogP contribution >= 0.6 is 15.9 Å². The summed E-state index contributed by atoms with van der Waals surface area (Å²) in [6.45, 7) is 0.897. The molecule has 4 heteroatoms. The second-order valence-corrected chi connectivity index (χ2v) is 5.77. The van der Waals surface area contributed by atoms with E-state index < -0.39 is 0 Å². The number of hydrogen-bond donors (Lipinski definition) is 2. The van der Waals surface area contributed by atoms with Crippen molar-refractivity contribution in [2.45, 2.75) is 19.3 Å². The summed E-state index contributed by atoms with van der Waals surface area (Å²) in [5.41, 5.74) is 0.669. The minimum absolute atomic E-state index is 0.0418. The van der Waals surface area contributed by atoms with E-state index in [2.05, 4.69) is 21.2 Å². The Hall–Kier alpha value is -0.870. The summed E-state index contributed by atoms with van der Waals surface area (Å²) in [6, 6.07) is 7.37. The van der Waals surface area contributed by atoms with Gasteiger partial charge in [0.15, 0.2) is 0 Å². The Morgan fingerprint density at radius 3 is 2.89 bits per heavy atom. The summed E-state index contributed by atoms with van der Waals surface area (Å²) in [5.74, 6) is 0.735. The van der Waals surface area contributed by atoms with Gasteiger partial charge < -0.3 is 10.4 Å². The van der Waals surface area contributed by atoms with Crippen molar-refractivity contribution in [1.29, 1.82) is 0 Å². The molecule has 1 aliphatic rings. The first-order chi connectivity index (χ1) is 8.70. The zero-order chi connectivity index (χ0) is 13.0. The number of amides is 1. The van der Waals surface area contributed by atoms with Gasteiger partial charge in [0.1, 0.15) is 0 Å². The minimum Gasteiger partial charge on any atom is -0.396 e. The van der Waals surface area contributed by atoms with Crippen LogP contribution in [0.2, 0.25) is 0 Å². The first-order valence-electron chi connectivity index (χ1n) is 6.35. The molecule has 1 fully saturated rings. The number of aliphatic hydroxyl groups excluding tert-OH is 1. The van der Waals surface area contributed by atoms with Crippen LogP contribution in [0.5, 0.6) is 0 Å². The summed E-state index contributed by atoms with van der Waals surface area (Å²) in [4.78, 5) is 12.0. The van der Waals surface area contributed by atoms with Crippen LogP contribution in [0.1, 0.15) is 29.6 Å². The fraction of sp³-hybridized carbons (Fsp3) is 0.500. The van der Waals surface area contributed by atoms with E-state index in [4.69, 9.17) is 0 Å². The Bertz CT molecular complexity index is 422. The molecule has 0 heterocycles. The number of hydrogen-bond acceptors (Lipinski definition) is 2. The van der Waals surface area contributed by atoms with E-state index >= 15 is 0 Å². The van der Waals surface area contributed by atoms with Crippen LogP contribution in [0.4, 0.5) is 0 Å². The van der Waals surface area contributed by atoms with Gasteiger partial charge in [-0.2, -0.15) is 0 Å². The molecular weight excluding hydrogens is 294 g/mol. The van der Waals surface area contributed by atoms with Crippen LogP contribution in [0.3, 0.4) is 0 Å². The lowest BCUT2D eigenvalue weighted by atomic mass is 9.97. The average molecular weight is 312 g/mol. The maximum Gasteiger partial charge on any atom is 0.251 e. The third-order valence-electron chi connectivity index (χ3n) is 3.66. The van der Waals surface area contributed by atoms with E-state index in [1.165, 1.54) is 0 Å². The number of nitrogens with one attached hydrogen (secondary N) is 1. The van der Waals surface area contributed by atoms with Crippen molar-refractivity contribution in [2.24, 2.45) is 11.8 Å². The lowest BCUT2D eigenvalue weighted by molar-refractivity contribution is 0.0937. The van der Waals surface area contributed by atoms with E-state index in [0.717, 1.165) is 23.7 Å². The Kier molecular flexibility index (Phi) is 4.78. The highest BCUT2D eigenvalue weighted by Gasteiger charge is 2.26. The Labute approximate surface area is 116 Å². The fourth-order valence-electron chi connectivity index (χ4n) is 2.58. The Balaban J connectivity index is 1.88. The molecule has 1 saturated carbocycles. The maximum atomic E-state index is 12.0. The van der Waals surface area contributed by atoms with Crippen LogP contribution in [0.15, 0.2) is 28.7 Å². The van der Waals surface area contributed by atoms with Crippen LogP contribution in [-0.2, 0) is 0 Å². The van der Waals surface area contributed by atoms with Crippen molar-refractivity contribution >= 4 is 21.8 Å². The highest BCUT2D eigenvalue weighted by atomic mass is 79.9. The summed E-state index contributed by atoms with van der Waals surface area (Å²) in [7, 11) is 0. The fourth-order valence-corrected chi connectivity index (χ4v) is 2.98. The smallest absolute Gasteiger partial charge is 0.251 e. The lowest BCUT2D eigenvalue weighted by Crippen LogP contribution is -2.31. The molecule has 0 aromatic heterocycles. The highest BCUT2D eigenvalue weighted by Crippen LogP contribution is 2.30. The molecule has 0 bridgehead atoms. The SMILES string of the molecule is O=C(NCC1CCCC1CO)c1cccc(Br)c1. The molecule has 2 unspecified atom stereocenters. The second kappa shape index (κ2) is 6.34. The Morgan fingerprint density at radius 1 is 1.39 bits per heavy atom. The zero-order valence-corrected chi connectivity index (χ0v) is 11.8. The third-order valence-corrected chi connectivity index (χ3v) is 4.16. The summed E-state index contributed by atoms with van der Waals surface area (Å²) >= 11 is 3.36. The van der Waals surface area contributed by atoms with Crippen molar-refractivity contribution in [1.82, 2.24) is 5.32 Å². The van der Waals surface area contributed by atoms with E-state index in [1.807, 2.05) is 18.2 Å². The summed E-state index contributed by atoms with van der Waals surface area (Å²) in [6.07, 6.45) is 3.33. The van der Waals surface area contributed by atoms with Gasteiger partial charge in [0.25, 0.3) is 5.91 Å². The standard InChI is InChI=1S/C14H18BrNO2/c15-13-6-2-3-10(7-13)14(18)16-8-11-4-1-5-12(11)9-17/h2-3,6-7,11-12,17H,1,4-5,8-9H2,(H,16,18). The molecule has 2 N–H and O–H groups in total. The molecule has 1 aromatic carbocycles. The third kappa shape index (κ3) is 3.33. The monoisotopic (exact) mass is 311 g/mol. The minimum atomic E-state index is -0.0418. The second-order valence-electron chi connectivity index (χ2n) is 4.85. The predicted molar refractivity (Wildman–Crippen MR) is 74.4 cm³/mol. The van der Waals surface area contributed by atoms with E-state index in [0.29, 0.717) is 23.9 Å². The maximum absolute atomic E-state index is 12.0. The summed E-state index contributed by atoms with van der Waals surface area (Å²) in [5, 5.41) is 12.2. The molecule has 0 saturated heterocycles. The van der Waals surface area contributed by atoms with Gasteiger partial charge in [0.05, 0.1) is 0 Å². The molecule has 0 aliphatic heterocycles. The van der Waals surface area contributed by atoms with Gasteiger partial charge in [0.2, 0.25) is 0 Å². The molecule has 0 spiro atoms. The molecule has 2 rings (SSSR count). The number of aliphatic hydroxyl groups is 1. The van der Waals surface area contributed by atoms with Crippen molar-refractivity contribution < 1.29 is 9.90 Å². The molecule has 0 radical (unpaired) electrons. The molecule has 98 valence electrons. The molecule has 1 aromatic rings. The first-order valence-corrected chi connectivity index (χ1v) is 7.14. The first kappa shape index (κ1) is 13.6. The summed E-state index contributed by atoms with van der Waals surface area (Å²) < 4.78 is 0.907. The number of benzene rings is 1. The van der Waals surface area contributed by atoms with Crippen molar-refractivity contribution in [2.75, 3.05) is 13.2 Å². The van der Waals surface area contributed by atoms with Crippen LogP contribution in [0.25, 0.3) is 0 Å². The van der Waals surface area contributed by atoms with Gasteiger partial charge in [-0.1, -0.05) is 28.4 Å². The number of carbonyl (C=O) groups excluding carboxylic acids is 1. The molecular formula is C14H18BrNO2. The van der Waals surface area contributed by atoms with Gasteiger partial charge in [-0.05, 0) is 42.9 Å². The van der Waals surface area contributed by atoms with E-state index in [9.17, 15) is 9.90 Å². The van der Waals surface area contributed by atoms with Crippen molar-refractivity contribution in [3.63, 3.8) is 0 Å². The van der Waals surface area contributed by atoms with E-state index in [-0.39, 0.29) is 12.5 Å². The van der Waals surface area contributed by atoms with Gasteiger partial charge in [-0.15, -0.1) is 0 Å². The lowest BCUT2D eigenvalue weighted by Gasteiger charge is -2.17. The topological polar surface area (TPSA) is 49.3 Å². The number of halogens is 1. The molecule has 3 nitrogen and oxygen atoms in total. The molecule has 1 amide bonds. The quantitative estimate of drug-likeness (QED) is 0.898. The van der Waals surface area contributed by atoms with Crippen molar-refractivity contribution in [3.8, 4) is 0 Å². The largest absolute Gasteiger partial charge is 0.396 e. The van der Waals surface area contributed by atoms with Gasteiger partial charge in [0, 0.05) is 23.2 Å². The average Bonchev–Trinajstić information content (AvgIpc) is 2.83. The Morgan fingerprint density at radius 2 is 2.17 bits per heavy atom. The van der Waals surface area contributed by atoms with E-state index in [1.54, 1.807) is 6.07 Å². The zero-order valence-electron chi connectivity index (χ0n) is 10.2. The van der Waals surface area contributed by atoms with Gasteiger partial charge in [-0.25, -0.2) is 0 Å². The number of rotatable bonds is 4. The van der Waals surface area contributed by atoms with Gasteiger partial charge >= 0.3 is 0 Å². The van der Waals surface area contributed by atoms with Crippen LogP contribution in [-0.4, -0.2) is 24.2 Å². The predicted octanol–water partition coefficient (Wildman–Crippen LogP) is 2.59. The highest BCUT2D eigenvalue weighted by molar-refractivity contribution is 9.10. The van der Waals surface area contributed by atoms with Crippen LogP contribution in [0, 0.1) is 11.8 Å². The van der Waals surface area contributed by atoms with Crippen LogP contribution < -0.4 is 5.32 Å². The number of carbonyl (C=O) groups is 1. The molecule has 2 atom stereocenters. The van der Waals surface area contributed by atoms with Crippen molar-refractivity contribution in [3.05, 3.63) is 34.3 Å². The molecule has 1 aliphatic carbocycles. The van der Waals surface area contributed by atoms with Gasteiger partial charge in [-0.3, -0.25) is 4.79 Å². The molecule has 18 heavy (non-hydrogen) atoms.